The number of alkyl halides is 2. The van der Waals surface area contributed by atoms with Crippen LogP contribution in [-0.2, 0) is 6.42 Å². The van der Waals surface area contributed by atoms with Crippen molar-refractivity contribution in [2.75, 3.05) is 0 Å². The number of aromatic nitrogens is 1. The summed E-state index contributed by atoms with van der Waals surface area (Å²) in [5.41, 5.74) is 0.215. The summed E-state index contributed by atoms with van der Waals surface area (Å²) in [6, 6.07) is 1.02. The second kappa shape index (κ2) is 4.48. The van der Waals surface area contributed by atoms with Gasteiger partial charge in [0.25, 0.3) is 6.43 Å². The Morgan fingerprint density at radius 2 is 2.14 bits per heavy atom. The van der Waals surface area contributed by atoms with E-state index >= 15 is 0 Å². The van der Waals surface area contributed by atoms with Gasteiger partial charge in [0.15, 0.2) is 0 Å². The summed E-state index contributed by atoms with van der Waals surface area (Å²) < 4.78 is 24.4. The van der Waals surface area contributed by atoms with Crippen molar-refractivity contribution >= 4 is 12.6 Å². The van der Waals surface area contributed by atoms with Crippen molar-refractivity contribution < 1.29 is 18.8 Å². The van der Waals surface area contributed by atoms with Crippen LogP contribution in [0, 0.1) is 0 Å². The molecule has 0 atom stereocenters. The van der Waals surface area contributed by atoms with E-state index in [0.717, 1.165) is 6.07 Å². The minimum atomic E-state index is -2.70. The summed E-state index contributed by atoms with van der Waals surface area (Å²) in [7, 11) is -1.73. The molecule has 0 aliphatic rings. The average Bonchev–Trinajstić information content (AvgIpc) is 2.16. The van der Waals surface area contributed by atoms with E-state index in [1.165, 1.54) is 6.20 Å². The first-order chi connectivity index (χ1) is 6.56. The lowest BCUT2D eigenvalue weighted by molar-refractivity contribution is 0.146. The molecule has 0 bridgehead atoms. The number of rotatable bonds is 3. The molecule has 0 aliphatic heterocycles. The van der Waals surface area contributed by atoms with Crippen LogP contribution < -0.4 is 5.46 Å². The zero-order valence-corrected chi connectivity index (χ0v) is 7.61. The van der Waals surface area contributed by atoms with Crippen LogP contribution in [0.1, 0.15) is 24.6 Å². The van der Waals surface area contributed by atoms with Gasteiger partial charge < -0.3 is 10.0 Å². The van der Waals surface area contributed by atoms with E-state index in [-0.39, 0.29) is 5.46 Å². The van der Waals surface area contributed by atoms with E-state index in [9.17, 15) is 8.78 Å². The summed E-state index contributed by atoms with van der Waals surface area (Å²) in [5.74, 6) is 0. The van der Waals surface area contributed by atoms with E-state index in [2.05, 4.69) is 4.98 Å². The van der Waals surface area contributed by atoms with Crippen LogP contribution in [-0.4, -0.2) is 22.2 Å². The predicted molar refractivity (Wildman–Crippen MR) is 48.4 cm³/mol. The molecule has 3 nitrogen and oxygen atoms in total. The zero-order valence-electron chi connectivity index (χ0n) is 7.61. The van der Waals surface area contributed by atoms with Gasteiger partial charge in [0.2, 0.25) is 0 Å². The average molecular weight is 201 g/mol. The Kier molecular flexibility index (Phi) is 3.54. The Morgan fingerprint density at radius 1 is 1.50 bits per heavy atom. The van der Waals surface area contributed by atoms with Crippen LogP contribution in [0.15, 0.2) is 12.3 Å². The second-order valence-electron chi connectivity index (χ2n) is 2.84. The first-order valence-corrected chi connectivity index (χ1v) is 4.19. The van der Waals surface area contributed by atoms with E-state index in [4.69, 9.17) is 10.0 Å². The van der Waals surface area contributed by atoms with Crippen molar-refractivity contribution in [3.8, 4) is 0 Å². The third-order valence-corrected chi connectivity index (χ3v) is 1.93. The molecule has 0 spiro atoms. The van der Waals surface area contributed by atoms with Gasteiger partial charge in [0, 0.05) is 6.20 Å². The van der Waals surface area contributed by atoms with Gasteiger partial charge in [0.05, 0.1) is 0 Å². The first kappa shape index (κ1) is 11.1. The summed E-state index contributed by atoms with van der Waals surface area (Å²) in [6.07, 6.45) is -0.932. The number of hydrogen-bond acceptors (Lipinski definition) is 3. The van der Waals surface area contributed by atoms with E-state index in [1.54, 1.807) is 6.92 Å². The number of halogens is 2. The molecule has 76 valence electrons. The molecule has 1 aromatic rings. The Labute approximate surface area is 80.6 Å². The molecule has 0 fully saturated rings. The maximum absolute atomic E-state index is 12.2. The Balaban J connectivity index is 3.14. The van der Waals surface area contributed by atoms with Crippen LogP contribution in [0.5, 0.6) is 0 Å². The molecule has 0 aliphatic carbocycles. The summed E-state index contributed by atoms with van der Waals surface area (Å²) >= 11 is 0. The Bertz CT molecular complexity index is 320. The first-order valence-electron chi connectivity index (χ1n) is 4.19. The summed E-state index contributed by atoms with van der Waals surface area (Å²) in [5, 5.41) is 17.8. The van der Waals surface area contributed by atoms with Gasteiger partial charge in [-0.15, -0.1) is 0 Å². The Hall–Kier alpha value is -1.01. The molecule has 0 saturated heterocycles. The van der Waals surface area contributed by atoms with Crippen LogP contribution in [0.25, 0.3) is 0 Å². The lowest BCUT2D eigenvalue weighted by Crippen LogP contribution is -2.33. The van der Waals surface area contributed by atoms with Crippen LogP contribution in [0.2, 0.25) is 0 Å². The molecule has 2 N–H and O–H groups in total. The summed E-state index contributed by atoms with van der Waals surface area (Å²) in [4.78, 5) is 3.52. The van der Waals surface area contributed by atoms with Gasteiger partial charge in [-0.05, 0) is 23.5 Å². The molecule has 1 heterocycles. The SMILES string of the molecule is CCc1cnc(C(F)F)cc1B(O)O. The Morgan fingerprint density at radius 3 is 2.57 bits per heavy atom. The molecule has 6 heteroatoms. The lowest BCUT2D eigenvalue weighted by atomic mass is 9.77. The molecule has 0 unspecified atom stereocenters. The van der Waals surface area contributed by atoms with E-state index < -0.39 is 19.2 Å². The highest BCUT2D eigenvalue weighted by Gasteiger charge is 2.19. The lowest BCUT2D eigenvalue weighted by Gasteiger charge is -2.08. The van der Waals surface area contributed by atoms with Gasteiger partial charge in [-0.3, -0.25) is 4.98 Å². The zero-order chi connectivity index (χ0) is 10.7. The highest BCUT2D eigenvalue weighted by molar-refractivity contribution is 6.59. The van der Waals surface area contributed by atoms with Gasteiger partial charge in [-0.1, -0.05) is 6.92 Å². The molecule has 1 rings (SSSR count). The standard InChI is InChI=1S/C8H10BF2NO2/c1-2-5-4-12-7(8(10)11)3-6(5)9(13)14/h3-4,8,13-14H,2H2,1H3. The van der Waals surface area contributed by atoms with E-state index in [1.807, 2.05) is 0 Å². The summed E-state index contributed by atoms with van der Waals surface area (Å²) in [6.45, 7) is 1.78. The predicted octanol–water partition coefficient (Wildman–Crippen LogP) is 0.261. The molecular formula is C8H10BF2NO2. The second-order valence-corrected chi connectivity index (χ2v) is 2.84. The van der Waals surface area contributed by atoms with Crippen molar-refractivity contribution in [3.63, 3.8) is 0 Å². The maximum atomic E-state index is 12.2. The quantitative estimate of drug-likeness (QED) is 0.689. The minimum Gasteiger partial charge on any atom is -0.423 e. The van der Waals surface area contributed by atoms with Crippen molar-refractivity contribution in [3.05, 3.63) is 23.5 Å². The molecule has 0 amide bonds. The third kappa shape index (κ3) is 2.27. The van der Waals surface area contributed by atoms with Gasteiger partial charge in [-0.25, -0.2) is 8.78 Å². The molecule has 0 radical (unpaired) electrons. The van der Waals surface area contributed by atoms with Crippen LogP contribution in [0.3, 0.4) is 0 Å². The maximum Gasteiger partial charge on any atom is 0.488 e. The van der Waals surface area contributed by atoms with Crippen molar-refractivity contribution in [1.29, 1.82) is 0 Å². The van der Waals surface area contributed by atoms with Crippen LogP contribution >= 0.6 is 0 Å². The fraction of sp³-hybridized carbons (Fsp3) is 0.375. The van der Waals surface area contributed by atoms with Gasteiger partial charge >= 0.3 is 7.12 Å². The van der Waals surface area contributed by atoms with Gasteiger partial charge in [0.1, 0.15) is 5.69 Å². The molecule has 14 heavy (non-hydrogen) atoms. The van der Waals surface area contributed by atoms with Crippen LogP contribution in [0.4, 0.5) is 8.78 Å². The smallest absolute Gasteiger partial charge is 0.423 e. The molecule has 0 saturated carbocycles. The highest BCUT2D eigenvalue weighted by Crippen LogP contribution is 2.15. The highest BCUT2D eigenvalue weighted by atomic mass is 19.3. The molecule has 1 aromatic heterocycles. The topological polar surface area (TPSA) is 53.4 Å². The largest absolute Gasteiger partial charge is 0.488 e. The molecule has 0 aromatic carbocycles. The number of nitrogens with zero attached hydrogens (tertiary/aromatic N) is 1. The minimum absolute atomic E-state index is 0.0952. The number of aryl methyl sites for hydroxylation is 1. The normalized spacial score (nSPS) is 10.7. The van der Waals surface area contributed by atoms with Crippen molar-refractivity contribution in [2.45, 2.75) is 19.8 Å². The van der Waals surface area contributed by atoms with Crippen molar-refractivity contribution in [2.24, 2.45) is 0 Å². The number of hydrogen-bond donors (Lipinski definition) is 2. The molecular weight excluding hydrogens is 191 g/mol. The van der Waals surface area contributed by atoms with E-state index in [0.29, 0.717) is 12.0 Å². The fourth-order valence-electron chi connectivity index (χ4n) is 1.17. The van der Waals surface area contributed by atoms with Gasteiger partial charge in [-0.2, -0.15) is 0 Å². The number of pyridine rings is 1. The van der Waals surface area contributed by atoms with Crippen molar-refractivity contribution in [1.82, 2.24) is 4.98 Å². The monoisotopic (exact) mass is 201 g/mol. The fourth-order valence-corrected chi connectivity index (χ4v) is 1.17. The third-order valence-electron chi connectivity index (χ3n) is 1.93.